The highest BCUT2D eigenvalue weighted by atomic mass is 32.2. The number of phosphoric ester groups is 3. The molecule has 0 radical (unpaired) electrons. The zero-order valence-electron chi connectivity index (χ0n) is 41.1. The molecule has 2 aromatic rings. The number of fused-ring (bicyclic) bond motifs is 1. The monoisotopic (exact) mass is 1110 g/mol. The second kappa shape index (κ2) is 32.4. The van der Waals surface area contributed by atoms with Crippen LogP contribution >= 0.6 is 35.2 Å². The lowest BCUT2D eigenvalue weighted by Crippen LogP contribution is -2.46. The van der Waals surface area contributed by atoms with Crippen LogP contribution in [-0.4, -0.2) is 123 Å². The molecule has 10 N–H and O–H groups in total. The average Bonchev–Trinajstić information content (AvgIpc) is 3.88. The van der Waals surface area contributed by atoms with Gasteiger partial charge in [-0.25, -0.2) is 28.6 Å². The van der Waals surface area contributed by atoms with E-state index in [9.17, 15) is 57.9 Å². The molecule has 24 nitrogen and oxygen atoms in total. The summed E-state index contributed by atoms with van der Waals surface area (Å²) in [6, 6.07) is 0. The van der Waals surface area contributed by atoms with Crippen LogP contribution in [0.3, 0.4) is 0 Å². The van der Waals surface area contributed by atoms with E-state index in [2.05, 4.69) is 102 Å². The number of amides is 2. The van der Waals surface area contributed by atoms with E-state index in [0.29, 0.717) is 12.2 Å². The van der Waals surface area contributed by atoms with Gasteiger partial charge in [-0.1, -0.05) is 112 Å². The smallest absolute Gasteiger partial charge is 0.386 e. The number of anilines is 1. The van der Waals surface area contributed by atoms with Crippen LogP contribution in [0.2, 0.25) is 0 Å². The average molecular weight is 1110 g/mol. The Morgan fingerprint density at radius 2 is 1.45 bits per heavy atom. The van der Waals surface area contributed by atoms with E-state index >= 15 is 0 Å². The molecule has 0 spiro atoms. The molecule has 2 amide bonds. The Hall–Kier alpha value is -4.00. The van der Waals surface area contributed by atoms with E-state index in [1.165, 1.54) is 39.2 Å². The lowest BCUT2D eigenvalue weighted by molar-refractivity contribution is -0.137. The number of nitrogen functional groups attached to an aromatic ring is 1. The number of rotatable bonds is 35. The summed E-state index contributed by atoms with van der Waals surface area (Å²) in [5.74, 6) is -1.16. The van der Waals surface area contributed by atoms with Gasteiger partial charge in [0.25, 0.3) is 0 Å². The first-order valence-corrected chi connectivity index (χ1v) is 29.0. The van der Waals surface area contributed by atoms with Crippen LogP contribution in [-0.2, 0) is 50.7 Å². The quantitative estimate of drug-likeness (QED) is 0.0167. The summed E-state index contributed by atoms with van der Waals surface area (Å²) in [6.07, 6.45) is 28.0. The van der Waals surface area contributed by atoms with Crippen molar-refractivity contribution in [2.75, 3.05) is 37.8 Å². The van der Waals surface area contributed by atoms with Crippen LogP contribution in [0.25, 0.3) is 11.2 Å². The van der Waals surface area contributed by atoms with Gasteiger partial charge in [0, 0.05) is 30.7 Å². The maximum atomic E-state index is 12.8. The Morgan fingerprint density at radius 1 is 0.849 bits per heavy atom. The van der Waals surface area contributed by atoms with Crippen LogP contribution in [0, 0.1) is 5.41 Å². The van der Waals surface area contributed by atoms with Crippen molar-refractivity contribution >= 4 is 69.1 Å². The molecule has 73 heavy (non-hydrogen) atoms. The number of thioether (sulfide) groups is 1. The summed E-state index contributed by atoms with van der Waals surface area (Å²) in [5.41, 5.74) is 4.27. The van der Waals surface area contributed by atoms with Gasteiger partial charge in [0.15, 0.2) is 17.7 Å². The fourth-order valence-corrected chi connectivity index (χ4v) is 9.96. The number of allylic oxidation sites excluding steroid dienone is 11. The van der Waals surface area contributed by atoms with Gasteiger partial charge >= 0.3 is 23.5 Å². The number of carbonyl (C=O) groups is 3. The highest BCUT2D eigenvalue weighted by molar-refractivity contribution is 8.14. The highest BCUT2D eigenvalue weighted by Gasteiger charge is 2.50. The predicted octanol–water partition coefficient (Wildman–Crippen LogP) is 5.92. The molecule has 2 unspecified atom stereocenters. The minimum absolute atomic E-state index is 0.0289. The van der Waals surface area contributed by atoms with Gasteiger partial charge in [-0.3, -0.25) is 32.5 Å². The van der Waals surface area contributed by atoms with Crippen LogP contribution in [0.5, 0.6) is 0 Å². The molecule has 408 valence electrons. The third-order valence-corrected chi connectivity index (χ3v) is 14.3. The summed E-state index contributed by atoms with van der Waals surface area (Å²) in [6.45, 7) is 2.67. The number of nitrogens with one attached hydrogen (secondary N) is 2. The van der Waals surface area contributed by atoms with Crippen molar-refractivity contribution in [2.45, 2.75) is 122 Å². The van der Waals surface area contributed by atoms with Crippen molar-refractivity contribution in [3.05, 3.63) is 85.6 Å². The minimum Gasteiger partial charge on any atom is -0.386 e. The Labute approximate surface area is 429 Å². The van der Waals surface area contributed by atoms with Crippen molar-refractivity contribution < 1.29 is 80.5 Å². The number of carbonyl (C=O) groups excluding carboxylic acids is 3. The summed E-state index contributed by atoms with van der Waals surface area (Å²) < 4.78 is 62.5. The molecule has 0 aromatic carbocycles. The molecule has 3 rings (SSSR count). The van der Waals surface area contributed by atoms with E-state index < -0.39 is 84.6 Å². The van der Waals surface area contributed by atoms with E-state index in [0.717, 1.165) is 67.5 Å². The number of hydrogen-bond acceptors (Lipinski definition) is 18. The molecule has 1 saturated heterocycles. The molecule has 0 bridgehead atoms. The van der Waals surface area contributed by atoms with Crippen molar-refractivity contribution in [1.82, 2.24) is 30.2 Å². The van der Waals surface area contributed by atoms with Crippen molar-refractivity contribution in [1.29, 1.82) is 0 Å². The number of nitrogens with two attached hydrogens (primary N) is 1. The summed E-state index contributed by atoms with van der Waals surface area (Å²) >= 11 is 1.04. The number of aliphatic hydroxyl groups excluding tert-OH is 2. The molecule has 0 saturated carbocycles. The number of ether oxygens (including phenoxy) is 1. The molecule has 0 aliphatic carbocycles. The first kappa shape index (κ1) is 63.3. The van der Waals surface area contributed by atoms with Crippen LogP contribution < -0.4 is 16.4 Å². The van der Waals surface area contributed by atoms with E-state index in [-0.39, 0.29) is 41.6 Å². The number of aromatic nitrogens is 4. The van der Waals surface area contributed by atoms with Gasteiger partial charge in [0.2, 0.25) is 16.9 Å². The maximum Gasteiger partial charge on any atom is 0.481 e. The van der Waals surface area contributed by atoms with E-state index in [1.807, 2.05) is 0 Å². The van der Waals surface area contributed by atoms with Gasteiger partial charge < -0.3 is 50.9 Å². The lowest BCUT2D eigenvalue weighted by atomic mass is 9.87. The van der Waals surface area contributed by atoms with E-state index in [4.69, 9.17) is 19.5 Å². The van der Waals surface area contributed by atoms with Gasteiger partial charge in [-0.05, 0) is 57.4 Å². The zero-order valence-corrected chi connectivity index (χ0v) is 44.6. The molecular weight excluding hydrogens is 1040 g/mol. The number of unbranched alkanes of at least 4 members (excludes halogenated alkanes) is 4. The Balaban J connectivity index is 1.28. The summed E-state index contributed by atoms with van der Waals surface area (Å²) in [5, 5.41) is 26.4. The fourth-order valence-electron chi connectivity index (χ4n) is 6.53. The van der Waals surface area contributed by atoms with Crippen LogP contribution in [0.4, 0.5) is 5.82 Å². The fraction of sp³-hybridized carbons (Fsp3) is 0.556. The van der Waals surface area contributed by atoms with Gasteiger partial charge in [-0.15, -0.1) is 0 Å². The highest BCUT2D eigenvalue weighted by Crippen LogP contribution is 2.61. The van der Waals surface area contributed by atoms with Crippen molar-refractivity contribution in [3.8, 4) is 0 Å². The van der Waals surface area contributed by atoms with E-state index in [1.54, 1.807) is 6.08 Å². The maximum absolute atomic E-state index is 12.8. The standard InChI is InChI=1S/C45H70N7O17P3S/c1-4-5-6-7-8-9-10-11-12-13-14-15-16-17-18-19-20-21-22-23-24-25-36(54)73-29-28-47-35(53)26-27-48-43(57)40(56)45(2,3)31-66-72(63,64)69-71(61,62)65-30-34-39(68-70(58,59)60)38(55)44(67-34)52-33-51-37-41(46)49-32-50-42(37)52/h8-9,11-12,14-15,17-18,20-21,24-25,32-34,38-40,44,55-56H,4-7,10,13,16,19,22-23,26-31H2,1-3H3,(H,47,53)(H,48,57)(H,61,62)(H,63,64)(H2,46,49,50)(H2,58,59,60)/b9-8-,12-11-,15-14-,18-17-,21-20-,25-24+/t34-,38-,39-,40+,44-/m1/s1. The van der Waals surface area contributed by atoms with Gasteiger partial charge in [-0.2, -0.15) is 4.31 Å². The first-order chi connectivity index (χ1) is 34.6. The molecule has 1 fully saturated rings. The zero-order chi connectivity index (χ0) is 53.9. The molecule has 28 heteroatoms. The Morgan fingerprint density at radius 3 is 2.08 bits per heavy atom. The number of hydrogen-bond donors (Lipinski definition) is 9. The largest absolute Gasteiger partial charge is 0.481 e. The molecule has 7 atom stereocenters. The molecular formula is C45H70N7O17P3S. The van der Waals surface area contributed by atoms with Gasteiger partial charge in [0.1, 0.15) is 36.3 Å². The number of aliphatic hydroxyl groups is 2. The van der Waals surface area contributed by atoms with Crippen molar-refractivity contribution in [2.24, 2.45) is 5.41 Å². The van der Waals surface area contributed by atoms with Crippen LogP contribution in [0.1, 0.15) is 97.6 Å². The Kier molecular flexibility index (Phi) is 28.1. The number of phosphoric acid groups is 3. The topological polar surface area (TPSA) is 364 Å². The molecule has 3 heterocycles. The normalized spacial score (nSPS) is 20.1. The number of nitrogens with zero attached hydrogens (tertiary/aromatic N) is 4. The first-order valence-electron chi connectivity index (χ1n) is 23.5. The third-order valence-electron chi connectivity index (χ3n) is 10.4. The molecule has 1 aliphatic heterocycles. The summed E-state index contributed by atoms with van der Waals surface area (Å²) in [7, 11) is -16.4. The predicted molar refractivity (Wildman–Crippen MR) is 274 cm³/mol. The third kappa shape index (κ3) is 24.9. The SMILES string of the molecule is CCCCC/C=C\C/C=C\C/C=C\C/C=C\C/C=C\CC/C=C/C(=O)SCCNC(=O)CCNC(=O)[C@H](O)C(C)(C)COP(=O)(O)OP(=O)(O)OC[C@H]1O[C@@H](n2cnc3c(N)ncnc32)[C@H](O)[C@@H]1OP(=O)(O)O. The Bertz CT molecular complexity index is 2390. The van der Waals surface area contributed by atoms with Crippen molar-refractivity contribution in [3.63, 3.8) is 0 Å². The van der Waals surface area contributed by atoms with Crippen LogP contribution in [0.15, 0.2) is 85.6 Å². The van der Waals surface area contributed by atoms with Gasteiger partial charge in [0.05, 0.1) is 19.5 Å². The minimum atomic E-state index is -5.59. The molecule has 2 aromatic heterocycles. The number of imidazole rings is 1. The lowest BCUT2D eigenvalue weighted by Gasteiger charge is -2.30. The summed E-state index contributed by atoms with van der Waals surface area (Å²) in [4.78, 5) is 88.4. The molecule has 1 aliphatic rings. The second-order valence-electron chi connectivity index (χ2n) is 17.0. The second-order valence-corrected chi connectivity index (χ2v) is 22.3.